The van der Waals surface area contributed by atoms with E-state index < -0.39 is 23.3 Å². The number of alkyl halides is 1. The van der Waals surface area contributed by atoms with Crippen LogP contribution in [-0.4, -0.2) is 78.6 Å². The molecular formula is C29H30F3N7O2S. The Kier molecular flexibility index (Phi) is 6.51. The van der Waals surface area contributed by atoms with E-state index in [2.05, 4.69) is 24.8 Å². The van der Waals surface area contributed by atoms with Gasteiger partial charge in [0.05, 0.1) is 45.7 Å². The van der Waals surface area contributed by atoms with Crippen molar-refractivity contribution < 1.29 is 22.6 Å². The average Bonchev–Trinajstić information content (AvgIpc) is 3.72. The fraction of sp³-hybridized carbons (Fsp3) is 0.448. The number of hydrogen-bond donors (Lipinski definition) is 1. The van der Waals surface area contributed by atoms with E-state index in [9.17, 15) is 8.78 Å². The van der Waals surface area contributed by atoms with Crippen LogP contribution in [0.25, 0.3) is 32.2 Å². The molecule has 1 aromatic carbocycles. The predicted molar refractivity (Wildman–Crippen MR) is 157 cm³/mol. The largest absolute Gasteiger partial charge is 0.461 e. The number of ether oxygens (including phenoxy) is 2. The van der Waals surface area contributed by atoms with Gasteiger partial charge in [-0.25, -0.2) is 13.2 Å². The standard InChI is InChI=1S/C29H30F3N7O2S/c1-34-8-15-20-23(35-9-18(31)25(20)42-26(15)33)19-16-11-40-12-17(16)21-24(22(19)32)36-28(37-27(21)38(2)3)41-13-29-5-4-6-39(29)10-14(30)7-29/h8-9,14H,4-7,10-13,33H2,1-3H3/t14-,29+/m1/s1. The van der Waals surface area contributed by atoms with Crippen LogP contribution in [-0.2, 0) is 18.0 Å². The number of rotatable bonds is 6. The molecule has 3 aliphatic rings. The second kappa shape index (κ2) is 10.0. The molecule has 4 aromatic rings. The van der Waals surface area contributed by atoms with Crippen LogP contribution in [0.3, 0.4) is 0 Å². The quantitative estimate of drug-likeness (QED) is 0.315. The van der Waals surface area contributed by atoms with E-state index in [1.807, 2.05) is 14.1 Å². The molecule has 42 heavy (non-hydrogen) atoms. The van der Waals surface area contributed by atoms with Crippen molar-refractivity contribution in [2.75, 3.05) is 51.5 Å². The number of fused-ring (bicyclic) bond motifs is 5. The second-order valence-corrected chi connectivity index (χ2v) is 12.4. The van der Waals surface area contributed by atoms with Crippen LogP contribution in [0.5, 0.6) is 6.01 Å². The molecule has 2 fully saturated rings. The van der Waals surface area contributed by atoms with Crippen molar-refractivity contribution >= 4 is 49.4 Å². The topological polar surface area (TPSA) is 102 Å². The summed E-state index contributed by atoms with van der Waals surface area (Å²) in [5.41, 5.74) is 8.12. The smallest absolute Gasteiger partial charge is 0.319 e. The minimum absolute atomic E-state index is 0.00856. The number of halogens is 3. The maximum atomic E-state index is 16.9. The Hall–Kier alpha value is -3.55. The zero-order valence-electron chi connectivity index (χ0n) is 23.5. The fourth-order valence-electron chi connectivity index (χ4n) is 6.83. The molecule has 220 valence electrons. The molecule has 0 spiro atoms. The SMILES string of the molecule is CN=Cc1c(N)sc2c(F)cnc(-c3c4c(c5c(N(C)C)nc(OC[C@@]67CCCN6C[C@H](F)C7)nc5c3F)COC4)c12. The Bertz CT molecular complexity index is 1780. The number of thiophene rings is 1. The van der Waals surface area contributed by atoms with Crippen LogP contribution < -0.4 is 15.4 Å². The molecule has 0 saturated carbocycles. The third kappa shape index (κ3) is 4.04. The molecule has 2 atom stereocenters. The van der Waals surface area contributed by atoms with Gasteiger partial charge in [-0.2, -0.15) is 9.97 Å². The maximum Gasteiger partial charge on any atom is 0.319 e. The Morgan fingerprint density at radius 1 is 1.26 bits per heavy atom. The minimum atomic E-state index is -0.903. The monoisotopic (exact) mass is 597 g/mol. The molecular weight excluding hydrogens is 567 g/mol. The van der Waals surface area contributed by atoms with Gasteiger partial charge in [0, 0.05) is 56.8 Å². The highest BCUT2D eigenvalue weighted by Crippen LogP contribution is 2.46. The number of benzene rings is 1. The van der Waals surface area contributed by atoms with Crippen LogP contribution in [0.1, 0.15) is 36.0 Å². The van der Waals surface area contributed by atoms with E-state index in [0.29, 0.717) is 45.7 Å². The minimum Gasteiger partial charge on any atom is -0.461 e. The first kappa shape index (κ1) is 27.3. The van der Waals surface area contributed by atoms with Crippen LogP contribution in [0.2, 0.25) is 0 Å². The summed E-state index contributed by atoms with van der Waals surface area (Å²) in [4.78, 5) is 21.6. The highest BCUT2D eigenvalue weighted by atomic mass is 32.1. The van der Waals surface area contributed by atoms with E-state index in [1.54, 1.807) is 11.9 Å². The van der Waals surface area contributed by atoms with Crippen molar-refractivity contribution in [3.63, 3.8) is 0 Å². The summed E-state index contributed by atoms with van der Waals surface area (Å²) in [5.74, 6) is -0.709. The second-order valence-electron chi connectivity index (χ2n) is 11.4. The molecule has 0 unspecified atom stereocenters. The van der Waals surface area contributed by atoms with E-state index >= 15 is 4.39 Å². The van der Waals surface area contributed by atoms with E-state index in [1.165, 1.54) is 6.21 Å². The summed E-state index contributed by atoms with van der Waals surface area (Å²) in [6.07, 6.45) is 3.90. The number of nitrogen functional groups attached to an aromatic ring is 1. The van der Waals surface area contributed by atoms with Gasteiger partial charge in [0.1, 0.15) is 24.1 Å². The summed E-state index contributed by atoms with van der Waals surface area (Å²) in [7, 11) is 5.22. The maximum absolute atomic E-state index is 16.9. The molecule has 3 aromatic heterocycles. The zero-order valence-corrected chi connectivity index (χ0v) is 24.3. The van der Waals surface area contributed by atoms with Crippen LogP contribution >= 0.6 is 11.3 Å². The van der Waals surface area contributed by atoms with Gasteiger partial charge in [-0.3, -0.25) is 14.9 Å². The first-order valence-electron chi connectivity index (χ1n) is 13.8. The number of aromatic nitrogens is 3. The number of hydrogen-bond acceptors (Lipinski definition) is 10. The Balaban J connectivity index is 1.44. The van der Waals surface area contributed by atoms with Crippen molar-refractivity contribution in [1.29, 1.82) is 0 Å². The number of nitrogens with zero attached hydrogens (tertiary/aromatic N) is 6. The van der Waals surface area contributed by atoms with Crippen molar-refractivity contribution in [3.05, 3.63) is 34.5 Å². The molecule has 0 amide bonds. The van der Waals surface area contributed by atoms with Gasteiger partial charge in [0.25, 0.3) is 0 Å². The van der Waals surface area contributed by atoms with Gasteiger partial charge in [-0.05, 0) is 30.5 Å². The van der Waals surface area contributed by atoms with Crippen LogP contribution in [0.15, 0.2) is 11.2 Å². The van der Waals surface area contributed by atoms with E-state index in [0.717, 1.165) is 42.5 Å². The summed E-state index contributed by atoms with van der Waals surface area (Å²) >= 11 is 1.07. The summed E-state index contributed by atoms with van der Waals surface area (Å²) in [6.45, 7) is 1.79. The number of pyridine rings is 1. The molecule has 6 heterocycles. The van der Waals surface area contributed by atoms with Crippen molar-refractivity contribution in [1.82, 2.24) is 19.9 Å². The Labute approximate surface area is 244 Å². The number of nitrogens with two attached hydrogens (primary N) is 1. The summed E-state index contributed by atoms with van der Waals surface area (Å²) in [6, 6.07) is 0.00856. The van der Waals surface area contributed by atoms with Gasteiger partial charge in [0.2, 0.25) is 0 Å². The summed E-state index contributed by atoms with van der Waals surface area (Å²) in [5, 5.41) is 1.26. The van der Waals surface area contributed by atoms with E-state index in [-0.39, 0.29) is 47.3 Å². The highest BCUT2D eigenvalue weighted by Gasteiger charge is 2.49. The van der Waals surface area contributed by atoms with Crippen LogP contribution in [0, 0.1) is 11.6 Å². The third-order valence-corrected chi connectivity index (χ3v) is 9.68. The lowest BCUT2D eigenvalue weighted by atomic mass is 9.93. The van der Waals surface area contributed by atoms with Crippen LogP contribution in [0.4, 0.5) is 24.0 Å². The molecule has 9 nitrogen and oxygen atoms in total. The highest BCUT2D eigenvalue weighted by molar-refractivity contribution is 7.23. The molecule has 13 heteroatoms. The lowest BCUT2D eigenvalue weighted by Gasteiger charge is -2.31. The number of anilines is 2. The first-order chi connectivity index (χ1) is 20.2. The fourth-order valence-corrected chi connectivity index (χ4v) is 7.77. The van der Waals surface area contributed by atoms with Crippen molar-refractivity contribution in [3.8, 4) is 17.3 Å². The normalized spacial score (nSPS) is 22.1. The molecule has 0 aliphatic carbocycles. The van der Waals surface area contributed by atoms with Crippen molar-refractivity contribution in [2.24, 2.45) is 4.99 Å². The van der Waals surface area contributed by atoms with Gasteiger partial charge in [-0.1, -0.05) is 0 Å². The van der Waals surface area contributed by atoms with Gasteiger partial charge in [0.15, 0.2) is 11.6 Å². The van der Waals surface area contributed by atoms with Gasteiger partial charge in [-0.15, -0.1) is 11.3 Å². The molecule has 7 rings (SSSR count). The van der Waals surface area contributed by atoms with Gasteiger partial charge >= 0.3 is 6.01 Å². The molecule has 2 saturated heterocycles. The molecule has 3 aliphatic heterocycles. The average molecular weight is 598 g/mol. The predicted octanol–water partition coefficient (Wildman–Crippen LogP) is 4.87. The first-order valence-corrected chi connectivity index (χ1v) is 14.6. The number of aliphatic imine (C=N–C) groups is 1. The molecule has 0 radical (unpaired) electrons. The molecule has 2 N–H and O–H groups in total. The zero-order chi connectivity index (χ0) is 29.3. The lowest BCUT2D eigenvalue weighted by molar-refractivity contribution is 0.107. The summed E-state index contributed by atoms with van der Waals surface area (Å²) < 4.78 is 58.4. The van der Waals surface area contributed by atoms with Crippen molar-refractivity contribution in [2.45, 2.75) is 44.2 Å². The Morgan fingerprint density at radius 3 is 2.86 bits per heavy atom. The molecule has 0 bridgehead atoms. The van der Waals surface area contributed by atoms with E-state index in [4.69, 9.17) is 15.2 Å². The van der Waals surface area contributed by atoms with Gasteiger partial charge < -0.3 is 20.1 Å². The lowest BCUT2D eigenvalue weighted by Crippen LogP contribution is -2.43. The third-order valence-electron chi connectivity index (χ3n) is 8.64. The Morgan fingerprint density at radius 2 is 2.07 bits per heavy atom.